The number of hydrogen-bond acceptors (Lipinski definition) is 6. The molecule has 25 heteroatoms. The molecule has 0 rings (SSSR count). The van der Waals surface area contributed by atoms with Crippen molar-refractivity contribution in [1.29, 1.82) is 0 Å². The van der Waals surface area contributed by atoms with E-state index in [0.29, 0.717) is 0 Å². The first-order valence-corrected chi connectivity index (χ1v) is 7.86. The van der Waals surface area contributed by atoms with Gasteiger partial charge in [-0.15, -0.1) is 0 Å². The van der Waals surface area contributed by atoms with Crippen molar-refractivity contribution < 1.29 is 126 Å². The number of ketones is 3. The second-order valence-corrected chi connectivity index (χ2v) is 5.61. The van der Waals surface area contributed by atoms with Crippen molar-refractivity contribution >= 4 is 17.3 Å². The zero-order valence-corrected chi connectivity index (χ0v) is 18.4. The Morgan fingerprint density at radius 3 is 0.550 bits per heavy atom. The molecular weight excluding hydrogens is 674 g/mol. The van der Waals surface area contributed by atoms with Crippen LogP contribution in [-0.4, -0.2) is 54.4 Å². The summed E-state index contributed by atoms with van der Waals surface area (Å²) < 4.78 is 203. The minimum Gasteiger partial charge on any atom is -0.869 e. The van der Waals surface area contributed by atoms with E-state index in [4.69, 9.17) is 0 Å². The van der Waals surface area contributed by atoms with Gasteiger partial charge in [-0.25, -0.2) is 0 Å². The normalized spacial score (nSPS) is 14.1. The molecular formula is C15H3F18FeO6. The number of rotatable bonds is 3. The average molecular weight is 677 g/mol. The molecule has 0 amide bonds. The molecule has 40 heavy (non-hydrogen) atoms. The summed E-state index contributed by atoms with van der Waals surface area (Å²) in [5.74, 6) is -16.9. The summed E-state index contributed by atoms with van der Waals surface area (Å²) in [6.45, 7) is 0. The van der Waals surface area contributed by atoms with E-state index >= 15 is 0 Å². The van der Waals surface area contributed by atoms with Crippen LogP contribution >= 0.6 is 0 Å². The van der Waals surface area contributed by atoms with Gasteiger partial charge in [0.15, 0.2) is 0 Å². The third-order valence-corrected chi connectivity index (χ3v) is 2.46. The smallest absolute Gasteiger partial charge is 0.869 e. The van der Waals surface area contributed by atoms with Gasteiger partial charge in [-0.1, -0.05) is 0 Å². The molecule has 0 heterocycles. The predicted octanol–water partition coefficient (Wildman–Crippen LogP) is 2.77. The third kappa shape index (κ3) is 19.9. The third-order valence-electron chi connectivity index (χ3n) is 2.46. The fraction of sp³-hybridized carbons (Fsp3) is 0.400. The van der Waals surface area contributed by atoms with Crippen molar-refractivity contribution in [1.82, 2.24) is 0 Å². The Bertz CT molecular complexity index is 834. The van der Waals surface area contributed by atoms with E-state index in [0.717, 1.165) is 0 Å². The van der Waals surface area contributed by atoms with E-state index in [9.17, 15) is 109 Å². The molecule has 0 aliphatic heterocycles. The van der Waals surface area contributed by atoms with E-state index < -0.39 is 89.9 Å². The van der Waals surface area contributed by atoms with Gasteiger partial charge < -0.3 is 15.3 Å². The molecule has 0 N–H and O–H groups in total. The Hall–Kier alpha value is -3.11. The van der Waals surface area contributed by atoms with Crippen molar-refractivity contribution in [2.45, 2.75) is 37.1 Å². The molecule has 0 aliphatic carbocycles. The largest absolute Gasteiger partial charge is 3.00 e. The Balaban J connectivity index is -0.000000240. The number of hydrogen-bond donors (Lipinski definition) is 0. The Morgan fingerprint density at radius 2 is 0.475 bits per heavy atom. The quantitative estimate of drug-likeness (QED) is 0.196. The van der Waals surface area contributed by atoms with E-state index in [1.165, 1.54) is 0 Å². The van der Waals surface area contributed by atoms with Crippen molar-refractivity contribution in [3.05, 3.63) is 35.5 Å². The molecule has 0 spiro atoms. The van der Waals surface area contributed by atoms with Crippen molar-refractivity contribution in [3.8, 4) is 0 Å². The monoisotopic (exact) mass is 677 g/mol. The Kier molecular flexibility index (Phi) is 16.5. The van der Waals surface area contributed by atoms with Gasteiger partial charge in [0.25, 0.3) is 17.3 Å². The van der Waals surface area contributed by atoms with Crippen molar-refractivity contribution in [2.24, 2.45) is 0 Å². The number of alkyl halides is 18. The van der Waals surface area contributed by atoms with Crippen LogP contribution < -0.4 is 15.3 Å². The fourth-order valence-electron chi connectivity index (χ4n) is 0.848. The van der Waals surface area contributed by atoms with Crippen molar-refractivity contribution in [2.75, 3.05) is 0 Å². The van der Waals surface area contributed by atoms with Gasteiger partial charge in [-0.2, -0.15) is 79.0 Å². The molecule has 0 aromatic heterocycles. The van der Waals surface area contributed by atoms with E-state index in [1.54, 1.807) is 0 Å². The molecule has 0 aliphatic rings. The fourth-order valence-corrected chi connectivity index (χ4v) is 0.848. The van der Waals surface area contributed by atoms with Crippen LogP contribution in [0, 0.1) is 0 Å². The van der Waals surface area contributed by atoms with Gasteiger partial charge in [0, 0.05) is 0 Å². The van der Waals surface area contributed by atoms with Gasteiger partial charge in [-0.05, 0) is 35.5 Å². The zero-order chi connectivity index (χ0) is 32.6. The minimum absolute atomic E-state index is 0. The van der Waals surface area contributed by atoms with Crippen LogP contribution in [0.15, 0.2) is 35.5 Å². The molecule has 0 aromatic rings. The summed E-state index contributed by atoms with van der Waals surface area (Å²) in [5.41, 5.74) is 0. The predicted molar refractivity (Wildman–Crippen MR) is 75.6 cm³/mol. The number of carbonyl (C=O) groups excluding carboxylic acids is 3. The first-order chi connectivity index (χ1) is 16.6. The van der Waals surface area contributed by atoms with Crippen LogP contribution in [0.25, 0.3) is 0 Å². The maximum Gasteiger partial charge on any atom is 3.00 e. The van der Waals surface area contributed by atoms with Gasteiger partial charge in [0.2, 0.25) is 0 Å². The second kappa shape index (κ2) is 15.0. The molecule has 1 radical (unpaired) electrons. The summed E-state index contributed by atoms with van der Waals surface area (Å²) in [6.07, 6.45) is -35.8. The number of halogens is 18. The van der Waals surface area contributed by atoms with Crippen LogP contribution in [0.3, 0.4) is 0 Å². The molecule has 233 valence electrons. The van der Waals surface area contributed by atoms with Crippen LogP contribution in [0.1, 0.15) is 0 Å². The zero-order valence-electron chi connectivity index (χ0n) is 17.3. The standard InChI is InChI=1S/3C5H2F6O2.Fe/c3*6-4(7,8)2(12)1-3(13)5(9,10)11;/h3*1,12H;/q;;;+3/p-3/b3*2-1-;. The van der Waals surface area contributed by atoms with E-state index in [-0.39, 0.29) is 17.1 Å². The summed E-state index contributed by atoms with van der Waals surface area (Å²) >= 11 is 0. The topological polar surface area (TPSA) is 120 Å². The van der Waals surface area contributed by atoms with Gasteiger partial charge in [-0.3, -0.25) is 14.4 Å². The Labute approximate surface area is 216 Å². The summed E-state index contributed by atoms with van der Waals surface area (Å²) in [5, 5.41) is 29.5. The van der Waals surface area contributed by atoms with Gasteiger partial charge in [0.05, 0.1) is 0 Å². The second-order valence-electron chi connectivity index (χ2n) is 5.61. The van der Waals surface area contributed by atoms with Crippen molar-refractivity contribution in [3.63, 3.8) is 0 Å². The van der Waals surface area contributed by atoms with Crippen LogP contribution in [0.5, 0.6) is 0 Å². The van der Waals surface area contributed by atoms with E-state index in [1.807, 2.05) is 0 Å². The first-order valence-electron chi connectivity index (χ1n) is 7.86. The molecule has 6 nitrogen and oxygen atoms in total. The summed E-state index contributed by atoms with van der Waals surface area (Å²) in [4.78, 5) is 29.5. The van der Waals surface area contributed by atoms with Crippen LogP contribution in [0.4, 0.5) is 79.0 Å². The molecule has 0 aromatic carbocycles. The molecule has 0 unspecified atom stereocenters. The molecule has 0 fully saturated rings. The maximum absolute atomic E-state index is 11.3. The molecule has 0 saturated carbocycles. The van der Waals surface area contributed by atoms with Crippen LogP contribution in [0.2, 0.25) is 0 Å². The van der Waals surface area contributed by atoms with Gasteiger partial charge >= 0.3 is 54.1 Å². The SMILES string of the molecule is O=C(/C=C(\[O-])C(F)(F)F)C(F)(F)F.O=C(/C=C(\[O-])C(F)(F)F)C(F)(F)F.O=C(/C=C(\[O-])C(F)(F)F)C(F)(F)F.[Fe+3]. The Morgan fingerprint density at radius 1 is 0.350 bits per heavy atom. The van der Waals surface area contributed by atoms with E-state index in [2.05, 4.69) is 0 Å². The molecule has 0 atom stereocenters. The molecule has 0 saturated heterocycles. The summed E-state index contributed by atoms with van der Waals surface area (Å²) in [6, 6.07) is 0. The minimum atomic E-state index is -5.46. The van der Waals surface area contributed by atoms with Crippen LogP contribution in [-0.2, 0) is 31.5 Å². The average Bonchev–Trinajstić information content (AvgIpc) is 2.64. The maximum atomic E-state index is 11.3. The first kappa shape index (κ1) is 43.9. The molecule has 0 bridgehead atoms. The number of carbonyl (C=O) groups is 3. The summed E-state index contributed by atoms with van der Waals surface area (Å²) in [7, 11) is 0. The van der Waals surface area contributed by atoms with Gasteiger partial charge in [0.1, 0.15) is 0 Å². The number of allylic oxidation sites excluding steroid dienone is 6.